The first-order valence-electron chi connectivity index (χ1n) is 9.56. The SMILES string of the molecule is CCCNC(CCC1CCCC1)C1CCCC(CC)C1. The van der Waals surface area contributed by atoms with Crippen LogP contribution in [0.15, 0.2) is 0 Å². The maximum atomic E-state index is 3.91. The predicted molar refractivity (Wildman–Crippen MR) is 89.0 cm³/mol. The Morgan fingerprint density at radius 1 is 0.950 bits per heavy atom. The highest BCUT2D eigenvalue weighted by atomic mass is 14.9. The van der Waals surface area contributed by atoms with E-state index in [1.54, 1.807) is 0 Å². The van der Waals surface area contributed by atoms with Crippen molar-refractivity contribution < 1.29 is 0 Å². The summed E-state index contributed by atoms with van der Waals surface area (Å²) in [5.41, 5.74) is 0. The van der Waals surface area contributed by atoms with Crippen LogP contribution in [0.4, 0.5) is 0 Å². The zero-order valence-electron chi connectivity index (χ0n) is 14.0. The van der Waals surface area contributed by atoms with Crippen LogP contribution in [-0.2, 0) is 0 Å². The maximum absolute atomic E-state index is 3.91. The minimum absolute atomic E-state index is 0.824. The van der Waals surface area contributed by atoms with Crippen LogP contribution < -0.4 is 5.32 Å². The molecule has 2 fully saturated rings. The fraction of sp³-hybridized carbons (Fsp3) is 1.00. The molecule has 3 unspecified atom stereocenters. The molecule has 2 aliphatic carbocycles. The van der Waals surface area contributed by atoms with E-state index < -0.39 is 0 Å². The highest BCUT2D eigenvalue weighted by molar-refractivity contribution is 4.83. The summed E-state index contributed by atoms with van der Waals surface area (Å²) in [7, 11) is 0. The maximum Gasteiger partial charge on any atom is 0.00955 e. The summed E-state index contributed by atoms with van der Waals surface area (Å²) < 4.78 is 0. The predicted octanol–water partition coefficient (Wildman–Crippen LogP) is 5.54. The van der Waals surface area contributed by atoms with Crippen molar-refractivity contribution in [3.8, 4) is 0 Å². The molecule has 2 aliphatic rings. The molecule has 0 aliphatic heterocycles. The molecule has 1 nitrogen and oxygen atoms in total. The van der Waals surface area contributed by atoms with Gasteiger partial charge in [-0.1, -0.05) is 58.8 Å². The molecule has 0 aromatic rings. The summed E-state index contributed by atoms with van der Waals surface area (Å²) in [6.07, 6.45) is 17.6. The Labute approximate surface area is 127 Å². The first kappa shape index (κ1) is 16.3. The molecule has 0 radical (unpaired) electrons. The summed E-state index contributed by atoms with van der Waals surface area (Å²) in [5.74, 6) is 3.05. The second kappa shape index (κ2) is 9.07. The Kier molecular flexibility index (Phi) is 7.41. The molecular formula is C19H37N. The van der Waals surface area contributed by atoms with E-state index in [9.17, 15) is 0 Å². The van der Waals surface area contributed by atoms with Crippen LogP contribution in [-0.4, -0.2) is 12.6 Å². The van der Waals surface area contributed by atoms with Crippen molar-refractivity contribution in [1.29, 1.82) is 0 Å². The summed E-state index contributed by atoms with van der Waals surface area (Å²) in [6, 6.07) is 0.824. The lowest BCUT2D eigenvalue weighted by molar-refractivity contribution is 0.195. The fourth-order valence-corrected chi connectivity index (χ4v) is 4.62. The molecule has 0 aromatic carbocycles. The van der Waals surface area contributed by atoms with Gasteiger partial charge in [0.1, 0.15) is 0 Å². The van der Waals surface area contributed by atoms with Crippen LogP contribution >= 0.6 is 0 Å². The highest BCUT2D eigenvalue weighted by Crippen LogP contribution is 2.36. The number of nitrogens with one attached hydrogen (secondary N) is 1. The van der Waals surface area contributed by atoms with Gasteiger partial charge in [0.2, 0.25) is 0 Å². The van der Waals surface area contributed by atoms with E-state index >= 15 is 0 Å². The van der Waals surface area contributed by atoms with Gasteiger partial charge in [0.15, 0.2) is 0 Å². The second-order valence-corrected chi connectivity index (χ2v) is 7.49. The van der Waals surface area contributed by atoms with Gasteiger partial charge in [-0.2, -0.15) is 0 Å². The standard InChI is InChI=1S/C19H37N/c1-3-14-20-19(13-12-17-8-5-6-9-17)18-11-7-10-16(4-2)15-18/h16-20H,3-15H2,1-2H3. The van der Waals surface area contributed by atoms with Gasteiger partial charge < -0.3 is 5.32 Å². The van der Waals surface area contributed by atoms with E-state index in [0.717, 1.165) is 23.8 Å². The fourth-order valence-electron chi connectivity index (χ4n) is 4.62. The van der Waals surface area contributed by atoms with Crippen LogP contribution in [0.25, 0.3) is 0 Å². The van der Waals surface area contributed by atoms with Gasteiger partial charge in [-0.25, -0.2) is 0 Å². The normalized spacial score (nSPS) is 29.7. The number of hydrogen-bond acceptors (Lipinski definition) is 1. The van der Waals surface area contributed by atoms with Gasteiger partial charge in [0.05, 0.1) is 0 Å². The highest BCUT2D eigenvalue weighted by Gasteiger charge is 2.28. The van der Waals surface area contributed by atoms with E-state index in [2.05, 4.69) is 19.2 Å². The summed E-state index contributed by atoms with van der Waals surface area (Å²) in [4.78, 5) is 0. The zero-order valence-corrected chi connectivity index (χ0v) is 14.0. The topological polar surface area (TPSA) is 12.0 Å². The first-order chi connectivity index (χ1) is 9.83. The molecule has 0 bridgehead atoms. The molecule has 0 saturated heterocycles. The van der Waals surface area contributed by atoms with Crippen molar-refractivity contribution in [3.05, 3.63) is 0 Å². The van der Waals surface area contributed by atoms with Gasteiger partial charge in [0, 0.05) is 6.04 Å². The summed E-state index contributed by atoms with van der Waals surface area (Å²) in [6.45, 7) is 5.92. The van der Waals surface area contributed by atoms with E-state index in [1.807, 2.05) is 0 Å². The number of rotatable bonds is 8. The zero-order chi connectivity index (χ0) is 14.2. The smallest absolute Gasteiger partial charge is 0.00955 e. The lowest BCUT2D eigenvalue weighted by Crippen LogP contribution is -2.39. The Balaban J connectivity index is 1.81. The Morgan fingerprint density at radius 3 is 2.40 bits per heavy atom. The first-order valence-corrected chi connectivity index (χ1v) is 9.56. The van der Waals surface area contributed by atoms with Crippen LogP contribution in [0.3, 0.4) is 0 Å². The lowest BCUT2D eigenvalue weighted by Gasteiger charge is -2.35. The van der Waals surface area contributed by atoms with Crippen molar-refractivity contribution in [1.82, 2.24) is 5.32 Å². The quantitative estimate of drug-likeness (QED) is 0.615. The molecular weight excluding hydrogens is 242 g/mol. The molecule has 3 atom stereocenters. The van der Waals surface area contributed by atoms with Gasteiger partial charge in [-0.05, 0) is 56.4 Å². The third-order valence-corrected chi connectivity index (χ3v) is 5.99. The number of hydrogen-bond donors (Lipinski definition) is 1. The monoisotopic (exact) mass is 279 g/mol. The van der Waals surface area contributed by atoms with Crippen molar-refractivity contribution >= 4 is 0 Å². The molecule has 20 heavy (non-hydrogen) atoms. The summed E-state index contributed by atoms with van der Waals surface area (Å²) in [5, 5.41) is 3.91. The molecule has 2 rings (SSSR count). The Morgan fingerprint density at radius 2 is 1.70 bits per heavy atom. The molecule has 0 aromatic heterocycles. The van der Waals surface area contributed by atoms with Crippen LogP contribution in [0.2, 0.25) is 0 Å². The van der Waals surface area contributed by atoms with E-state index in [0.29, 0.717) is 0 Å². The molecule has 2 saturated carbocycles. The van der Waals surface area contributed by atoms with Gasteiger partial charge >= 0.3 is 0 Å². The molecule has 0 amide bonds. The van der Waals surface area contributed by atoms with Crippen LogP contribution in [0.5, 0.6) is 0 Å². The lowest BCUT2D eigenvalue weighted by atomic mass is 9.75. The van der Waals surface area contributed by atoms with Gasteiger partial charge in [-0.3, -0.25) is 0 Å². The molecule has 0 spiro atoms. The van der Waals surface area contributed by atoms with E-state index in [4.69, 9.17) is 0 Å². The van der Waals surface area contributed by atoms with Crippen LogP contribution in [0.1, 0.15) is 90.9 Å². The van der Waals surface area contributed by atoms with E-state index in [1.165, 1.54) is 83.6 Å². The van der Waals surface area contributed by atoms with Crippen molar-refractivity contribution in [3.63, 3.8) is 0 Å². The van der Waals surface area contributed by atoms with Crippen molar-refractivity contribution in [2.24, 2.45) is 17.8 Å². The largest absolute Gasteiger partial charge is 0.314 e. The van der Waals surface area contributed by atoms with Crippen molar-refractivity contribution in [2.75, 3.05) is 6.54 Å². The Bertz CT molecular complexity index is 244. The average Bonchev–Trinajstić information content (AvgIpc) is 3.01. The van der Waals surface area contributed by atoms with Crippen molar-refractivity contribution in [2.45, 2.75) is 96.9 Å². The van der Waals surface area contributed by atoms with Gasteiger partial charge in [-0.15, -0.1) is 0 Å². The third-order valence-electron chi connectivity index (χ3n) is 5.99. The average molecular weight is 280 g/mol. The molecule has 1 heteroatoms. The summed E-state index contributed by atoms with van der Waals surface area (Å²) >= 11 is 0. The molecule has 118 valence electrons. The molecule has 1 N–H and O–H groups in total. The Hall–Kier alpha value is -0.0400. The van der Waals surface area contributed by atoms with Crippen LogP contribution in [0, 0.1) is 17.8 Å². The molecule has 0 heterocycles. The second-order valence-electron chi connectivity index (χ2n) is 7.49. The van der Waals surface area contributed by atoms with Gasteiger partial charge in [0.25, 0.3) is 0 Å². The third kappa shape index (κ3) is 5.06. The minimum atomic E-state index is 0.824. The van der Waals surface area contributed by atoms with E-state index in [-0.39, 0.29) is 0 Å². The minimum Gasteiger partial charge on any atom is -0.314 e.